The number of carbonyl (C=O) groups excluding carboxylic acids is 1. The first-order valence-electron chi connectivity index (χ1n) is 6.52. The summed E-state index contributed by atoms with van der Waals surface area (Å²) in [6.07, 6.45) is 0. The highest BCUT2D eigenvalue weighted by molar-refractivity contribution is 5.81. The Morgan fingerprint density at radius 3 is 2.16 bits per heavy atom. The molecule has 1 aromatic carbocycles. The molecule has 0 aliphatic carbocycles. The number of halogens is 1. The summed E-state index contributed by atoms with van der Waals surface area (Å²) < 4.78 is 12.8. The average Bonchev–Trinajstić information content (AvgIpc) is 2.27. The van der Waals surface area contributed by atoms with Crippen LogP contribution in [0.2, 0.25) is 0 Å². The van der Waals surface area contributed by atoms with Crippen LogP contribution in [0.4, 0.5) is 4.39 Å². The first-order chi connectivity index (χ1) is 8.69. The fraction of sp³-hybridized carbons (Fsp3) is 0.533. The molecule has 0 fully saturated rings. The second kappa shape index (κ2) is 6.15. The van der Waals surface area contributed by atoms with E-state index in [1.54, 1.807) is 12.1 Å². The number of hydrogen-bond acceptors (Lipinski definition) is 2. The van der Waals surface area contributed by atoms with Crippen molar-refractivity contribution in [3.63, 3.8) is 0 Å². The van der Waals surface area contributed by atoms with E-state index in [2.05, 4.69) is 10.6 Å². The molecule has 0 radical (unpaired) electrons. The van der Waals surface area contributed by atoms with Crippen LogP contribution >= 0.6 is 0 Å². The van der Waals surface area contributed by atoms with Gasteiger partial charge in [0.15, 0.2) is 0 Å². The van der Waals surface area contributed by atoms with Gasteiger partial charge in [-0.15, -0.1) is 0 Å². The van der Waals surface area contributed by atoms with Crippen molar-refractivity contribution in [2.24, 2.45) is 0 Å². The Bertz CT molecular complexity index is 423. The van der Waals surface area contributed by atoms with Gasteiger partial charge in [0, 0.05) is 11.6 Å². The summed E-state index contributed by atoms with van der Waals surface area (Å²) in [5.74, 6) is -0.295. The van der Waals surface area contributed by atoms with E-state index in [9.17, 15) is 9.18 Å². The van der Waals surface area contributed by atoms with Crippen LogP contribution in [-0.4, -0.2) is 17.5 Å². The van der Waals surface area contributed by atoms with Gasteiger partial charge in [-0.1, -0.05) is 12.1 Å². The van der Waals surface area contributed by atoms with E-state index in [1.165, 1.54) is 12.1 Å². The highest BCUT2D eigenvalue weighted by Crippen LogP contribution is 2.13. The Labute approximate surface area is 114 Å². The Kier molecular flexibility index (Phi) is 5.06. The molecule has 0 bridgehead atoms. The van der Waals surface area contributed by atoms with Gasteiger partial charge in [0.05, 0.1) is 6.04 Å². The lowest BCUT2D eigenvalue weighted by atomic mass is 10.1. The van der Waals surface area contributed by atoms with Crippen LogP contribution in [0.5, 0.6) is 0 Å². The molecular weight excluding hydrogens is 243 g/mol. The molecular formula is C15H23FN2O. The molecule has 0 aromatic heterocycles. The predicted molar refractivity (Wildman–Crippen MR) is 75.3 cm³/mol. The van der Waals surface area contributed by atoms with E-state index in [4.69, 9.17) is 0 Å². The molecule has 3 nitrogen and oxygen atoms in total. The molecule has 1 amide bonds. The molecule has 1 aromatic rings. The number of amides is 1. The molecule has 1 unspecified atom stereocenters. The molecule has 106 valence electrons. The van der Waals surface area contributed by atoms with Crippen molar-refractivity contribution >= 4 is 5.91 Å². The van der Waals surface area contributed by atoms with E-state index < -0.39 is 0 Å². The Morgan fingerprint density at radius 2 is 1.68 bits per heavy atom. The minimum absolute atomic E-state index is 0.0127. The minimum Gasteiger partial charge on any atom is -0.350 e. The lowest BCUT2D eigenvalue weighted by Crippen LogP contribution is -2.49. The molecule has 0 aliphatic rings. The minimum atomic E-state index is -0.306. The summed E-state index contributed by atoms with van der Waals surface area (Å²) in [5.41, 5.74) is 0.711. The monoisotopic (exact) mass is 266 g/mol. The van der Waals surface area contributed by atoms with Gasteiger partial charge in [-0.3, -0.25) is 10.1 Å². The maximum atomic E-state index is 12.8. The molecule has 19 heavy (non-hydrogen) atoms. The predicted octanol–water partition coefficient (Wildman–Crippen LogP) is 2.78. The topological polar surface area (TPSA) is 41.1 Å². The average molecular weight is 266 g/mol. The molecule has 0 aliphatic heterocycles. The van der Waals surface area contributed by atoms with E-state index in [0.717, 1.165) is 5.56 Å². The maximum absolute atomic E-state index is 12.8. The molecule has 0 saturated heterocycles. The van der Waals surface area contributed by atoms with Gasteiger partial charge in [0.1, 0.15) is 5.82 Å². The summed E-state index contributed by atoms with van der Waals surface area (Å²) in [5, 5.41) is 6.13. The number of benzene rings is 1. The normalized spacial score (nSPS) is 14.8. The fourth-order valence-corrected chi connectivity index (χ4v) is 1.78. The Morgan fingerprint density at radius 1 is 1.16 bits per heavy atom. The van der Waals surface area contributed by atoms with Crippen molar-refractivity contribution in [2.75, 3.05) is 0 Å². The molecule has 2 atom stereocenters. The third kappa shape index (κ3) is 5.39. The Hall–Kier alpha value is -1.42. The van der Waals surface area contributed by atoms with Crippen molar-refractivity contribution in [3.05, 3.63) is 35.6 Å². The maximum Gasteiger partial charge on any atom is 0.237 e. The van der Waals surface area contributed by atoms with Crippen molar-refractivity contribution in [1.82, 2.24) is 10.6 Å². The van der Waals surface area contributed by atoms with Gasteiger partial charge < -0.3 is 5.32 Å². The van der Waals surface area contributed by atoms with Crippen LogP contribution in [0.25, 0.3) is 0 Å². The number of carbonyl (C=O) groups is 1. The molecule has 2 N–H and O–H groups in total. The summed E-state index contributed by atoms with van der Waals surface area (Å²) in [7, 11) is 0. The second-order valence-corrected chi connectivity index (χ2v) is 5.90. The second-order valence-electron chi connectivity index (χ2n) is 5.90. The van der Waals surface area contributed by atoms with Gasteiger partial charge in [-0.05, 0) is 52.3 Å². The number of rotatable bonds is 4. The fourth-order valence-electron chi connectivity index (χ4n) is 1.78. The smallest absolute Gasteiger partial charge is 0.237 e. The molecule has 1 rings (SSSR count). The lowest BCUT2D eigenvalue weighted by molar-refractivity contribution is -0.124. The zero-order valence-corrected chi connectivity index (χ0v) is 12.3. The van der Waals surface area contributed by atoms with Crippen LogP contribution in [0, 0.1) is 5.82 Å². The number of nitrogens with one attached hydrogen (secondary N) is 2. The van der Waals surface area contributed by atoms with Crippen LogP contribution < -0.4 is 10.6 Å². The Balaban J connectivity index is 2.59. The summed E-state index contributed by atoms with van der Waals surface area (Å²) in [4.78, 5) is 11.9. The first-order valence-corrected chi connectivity index (χ1v) is 6.52. The van der Waals surface area contributed by atoms with Gasteiger partial charge in [-0.25, -0.2) is 4.39 Å². The van der Waals surface area contributed by atoms with Crippen molar-refractivity contribution in [3.8, 4) is 0 Å². The van der Waals surface area contributed by atoms with Gasteiger partial charge in [0.25, 0.3) is 0 Å². The third-order valence-electron chi connectivity index (χ3n) is 2.76. The zero-order valence-electron chi connectivity index (χ0n) is 12.3. The zero-order chi connectivity index (χ0) is 14.6. The van der Waals surface area contributed by atoms with E-state index in [0.29, 0.717) is 0 Å². The van der Waals surface area contributed by atoms with Crippen LogP contribution in [0.15, 0.2) is 24.3 Å². The van der Waals surface area contributed by atoms with Crippen molar-refractivity contribution < 1.29 is 9.18 Å². The van der Waals surface area contributed by atoms with Crippen molar-refractivity contribution in [2.45, 2.75) is 52.2 Å². The van der Waals surface area contributed by atoms with Crippen molar-refractivity contribution in [1.29, 1.82) is 0 Å². The van der Waals surface area contributed by atoms with E-state index in [1.807, 2.05) is 34.6 Å². The number of hydrogen-bond donors (Lipinski definition) is 2. The molecule has 0 spiro atoms. The highest BCUT2D eigenvalue weighted by Gasteiger charge is 2.20. The molecule has 0 saturated carbocycles. The summed E-state index contributed by atoms with van der Waals surface area (Å²) in [6, 6.07) is 5.98. The molecule has 4 heteroatoms. The first kappa shape index (κ1) is 15.6. The van der Waals surface area contributed by atoms with Gasteiger partial charge in [0.2, 0.25) is 5.91 Å². The van der Waals surface area contributed by atoms with E-state index >= 15 is 0 Å². The standard InChI is InChI=1S/C15H23FN2O/c1-10(12-6-8-13(16)9-7-12)17-11(2)14(19)18-15(3,4)5/h6-11,17H,1-5H3,(H,18,19)/t10-,11?/m0/s1. The SMILES string of the molecule is CC(N[C@@H](C)c1ccc(F)cc1)C(=O)NC(C)(C)C. The van der Waals surface area contributed by atoms with Crippen LogP contribution in [-0.2, 0) is 4.79 Å². The highest BCUT2D eigenvalue weighted by atomic mass is 19.1. The third-order valence-corrected chi connectivity index (χ3v) is 2.76. The van der Waals surface area contributed by atoms with Crippen LogP contribution in [0.1, 0.15) is 46.2 Å². The largest absolute Gasteiger partial charge is 0.350 e. The van der Waals surface area contributed by atoms with Gasteiger partial charge in [-0.2, -0.15) is 0 Å². The quantitative estimate of drug-likeness (QED) is 0.880. The summed E-state index contributed by atoms with van der Waals surface area (Å²) in [6.45, 7) is 9.61. The van der Waals surface area contributed by atoms with E-state index in [-0.39, 0.29) is 29.3 Å². The summed E-state index contributed by atoms with van der Waals surface area (Å²) >= 11 is 0. The molecule has 0 heterocycles. The van der Waals surface area contributed by atoms with Gasteiger partial charge >= 0.3 is 0 Å². The van der Waals surface area contributed by atoms with Crippen LogP contribution in [0.3, 0.4) is 0 Å². The lowest BCUT2D eigenvalue weighted by Gasteiger charge is -2.25.